The van der Waals surface area contributed by atoms with Crippen LogP contribution in [-0.4, -0.2) is 18.0 Å². The van der Waals surface area contributed by atoms with Crippen molar-refractivity contribution in [2.75, 3.05) is 13.1 Å². The Kier molecular flexibility index (Phi) is 4.41. The lowest BCUT2D eigenvalue weighted by Crippen LogP contribution is -2.25. The topological polar surface area (TPSA) is 29.3 Å². The van der Waals surface area contributed by atoms with Crippen LogP contribution in [0.3, 0.4) is 0 Å². The van der Waals surface area contributed by atoms with Gasteiger partial charge in [0.15, 0.2) is 0 Å². The lowest BCUT2D eigenvalue weighted by atomic mass is 9.85. The number of nitrogens with two attached hydrogens (primary N) is 1. The van der Waals surface area contributed by atoms with Crippen LogP contribution in [0.15, 0.2) is 24.3 Å². The Labute approximate surface area is 111 Å². The minimum atomic E-state index is 0.526. The second kappa shape index (κ2) is 5.85. The van der Waals surface area contributed by atoms with Gasteiger partial charge < -0.3 is 5.73 Å². The Bertz CT molecular complexity index is 367. The third-order valence-electron chi connectivity index (χ3n) is 4.10. The normalized spacial score (nSPS) is 20.6. The van der Waals surface area contributed by atoms with Gasteiger partial charge in [0.05, 0.1) is 0 Å². The van der Waals surface area contributed by atoms with Crippen molar-refractivity contribution in [2.45, 2.75) is 46.2 Å². The zero-order valence-electron chi connectivity index (χ0n) is 11.8. The fourth-order valence-electron chi connectivity index (χ4n) is 2.68. The van der Waals surface area contributed by atoms with Gasteiger partial charge >= 0.3 is 0 Å². The molecule has 1 fully saturated rings. The van der Waals surface area contributed by atoms with E-state index >= 15 is 0 Å². The van der Waals surface area contributed by atoms with Crippen molar-refractivity contribution in [3.63, 3.8) is 0 Å². The van der Waals surface area contributed by atoms with Crippen molar-refractivity contribution in [1.82, 2.24) is 4.90 Å². The molecule has 1 aromatic carbocycles. The minimum Gasteiger partial charge on any atom is -0.326 e. The standard InChI is InChI=1S/C16H26N2/c1-16(2)8-3-10-18(11-9-16)13-15-6-4-14(12-17)5-7-15/h4-7H,3,8-13,17H2,1-2H3. The van der Waals surface area contributed by atoms with Crippen molar-refractivity contribution in [3.8, 4) is 0 Å². The van der Waals surface area contributed by atoms with Crippen molar-refractivity contribution in [1.29, 1.82) is 0 Å². The van der Waals surface area contributed by atoms with Gasteiger partial charge in [-0.2, -0.15) is 0 Å². The molecule has 0 radical (unpaired) electrons. The van der Waals surface area contributed by atoms with Crippen LogP contribution >= 0.6 is 0 Å². The summed E-state index contributed by atoms with van der Waals surface area (Å²) in [6.07, 6.45) is 4.00. The van der Waals surface area contributed by atoms with Crippen LogP contribution in [-0.2, 0) is 13.1 Å². The molecular weight excluding hydrogens is 220 g/mol. The molecule has 0 unspecified atom stereocenters. The van der Waals surface area contributed by atoms with Gasteiger partial charge in [0.25, 0.3) is 0 Å². The summed E-state index contributed by atoms with van der Waals surface area (Å²) >= 11 is 0. The molecule has 0 saturated carbocycles. The Morgan fingerprint density at radius 1 is 1.06 bits per heavy atom. The Morgan fingerprint density at radius 3 is 2.39 bits per heavy atom. The van der Waals surface area contributed by atoms with E-state index < -0.39 is 0 Å². The molecular formula is C16H26N2. The van der Waals surface area contributed by atoms with E-state index in [1.54, 1.807) is 0 Å². The second-order valence-electron chi connectivity index (χ2n) is 6.31. The molecule has 1 aromatic rings. The summed E-state index contributed by atoms with van der Waals surface area (Å²) in [5, 5.41) is 0. The lowest BCUT2D eigenvalue weighted by Gasteiger charge is -2.23. The highest BCUT2D eigenvalue weighted by atomic mass is 15.1. The van der Waals surface area contributed by atoms with Gasteiger partial charge in [-0.05, 0) is 48.9 Å². The second-order valence-corrected chi connectivity index (χ2v) is 6.31. The maximum atomic E-state index is 5.62. The molecule has 2 heteroatoms. The molecule has 0 aromatic heterocycles. The zero-order valence-corrected chi connectivity index (χ0v) is 11.8. The highest BCUT2D eigenvalue weighted by molar-refractivity contribution is 5.22. The average Bonchev–Trinajstić information content (AvgIpc) is 2.52. The monoisotopic (exact) mass is 246 g/mol. The average molecular weight is 246 g/mol. The van der Waals surface area contributed by atoms with E-state index in [0.717, 1.165) is 6.54 Å². The molecule has 0 atom stereocenters. The van der Waals surface area contributed by atoms with Gasteiger partial charge in [-0.1, -0.05) is 38.1 Å². The van der Waals surface area contributed by atoms with Gasteiger partial charge in [0.1, 0.15) is 0 Å². The van der Waals surface area contributed by atoms with Crippen molar-refractivity contribution in [3.05, 3.63) is 35.4 Å². The van der Waals surface area contributed by atoms with Gasteiger partial charge in [0, 0.05) is 13.1 Å². The number of benzene rings is 1. The van der Waals surface area contributed by atoms with Crippen LogP contribution < -0.4 is 5.73 Å². The third kappa shape index (κ3) is 3.82. The fourth-order valence-corrected chi connectivity index (χ4v) is 2.68. The van der Waals surface area contributed by atoms with E-state index in [1.165, 1.54) is 43.5 Å². The Balaban J connectivity index is 1.92. The molecule has 1 aliphatic rings. The molecule has 0 spiro atoms. The predicted molar refractivity (Wildman–Crippen MR) is 77.2 cm³/mol. The summed E-state index contributed by atoms with van der Waals surface area (Å²) in [6, 6.07) is 8.74. The van der Waals surface area contributed by atoms with Crippen molar-refractivity contribution < 1.29 is 0 Å². The molecule has 100 valence electrons. The molecule has 2 N–H and O–H groups in total. The molecule has 18 heavy (non-hydrogen) atoms. The van der Waals surface area contributed by atoms with Crippen LogP contribution in [0.1, 0.15) is 44.2 Å². The number of hydrogen-bond donors (Lipinski definition) is 1. The summed E-state index contributed by atoms with van der Waals surface area (Å²) in [7, 11) is 0. The molecule has 0 amide bonds. The molecule has 1 heterocycles. The first-order valence-electron chi connectivity index (χ1n) is 7.09. The molecule has 2 nitrogen and oxygen atoms in total. The van der Waals surface area contributed by atoms with Gasteiger partial charge in [-0.3, -0.25) is 4.90 Å². The first-order chi connectivity index (χ1) is 8.59. The first-order valence-corrected chi connectivity index (χ1v) is 7.09. The highest BCUT2D eigenvalue weighted by Gasteiger charge is 2.22. The van der Waals surface area contributed by atoms with Crippen LogP contribution in [0.2, 0.25) is 0 Å². The van der Waals surface area contributed by atoms with Crippen LogP contribution in [0.5, 0.6) is 0 Å². The lowest BCUT2D eigenvalue weighted by molar-refractivity contribution is 0.256. The van der Waals surface area contributed by atoms with Crippen molar-refractivity contribution >= 4 is 0 Å². The van der Waals surface area contributed by atoms with Crippen molar-refractivity contribution in [2.24, 2.45) is 11.1 Å². The van der Waals surface area contributed by atoms with Crippen LogP contribution in [0.4, 0.5) is 0 Å². The smallest absolute Gasteiger partial charge is 0.0233 e. The van der Waals surface area contributed by atoms with E-state index in [9.17, 15) is 0 Å². The van der Waals surface area contributed by atoms with Gasteiger partial charge in [0.2, 0.25) is 0 Å². The molecule has 0 aliphatic carbocycles. The van der Waals surface area contributed by atoms with E-state index in [1.807, 2.05) is 0 Å². The zero-order chi connectivity index (χ0) is 13.0. The Morgan fingerprint density at radius 2 is 1.72 bits per heavy atom. The highest BCUT2D eigenvalue weighted by Crippen LogP contribution is 2.30. The largest absolute Gasteiger partial charge is 0.326 e. The van der Waals surface area contributed by atoms with Gasteiger partial charge in [-0.25, -0.2) is 0 Å². The first kappa shape index (κ1) is 13.6. The summed E-state index contributed by atoms with van der Waals surface area (Å²) < 4.78 is 0. The maximum absolute atomic E-state index is 5.62. The fraction of sp³-hybridized carbons (Fsp3) is 0.625. The van der Waals surface area contributed by atoms with E-state index in [2.05, 4.69) is 43.0 Å². The number of hydrogen-bond acceptors (Lipinski definition) is 2. The van der Waals surface area contributed by atoms with E-state index in [-0.39, 0.29) is 0 Å². The molecule has 2 rings (SSSR count). The van der Waals surface area contributed by atoms with Gasteiger partial charge in [-0.15, -0.1) is 0 Å². The van der Waals surface area contributed by atoms with E-state index in [0.29, 0.717) is 12.0 Å². The third-order valence-corrected chi connectivity index (χ3v) is 4.10. The summed E-state index contributed by atoms with van der Waals surface area (Å²) in [6.45, 7) is 8.98. The molecule has 1 aliphatic heterocycles. The summed E-state index contributed by atoms with van der Waals surface area (Å²) in [4.78, 5) is 2.59. The number of likely N-dealkylation sites (tertiary alicyclic amines) is 1. The molecule has 1 saturated heterocycles. The SMILES string of the molecule is CC1(C)CCCN(Cc2ccc(CN)cc2)CC1. The maximum Gasteiger partial charge on any atom is 0.0233 e. The summed E-state index contributed by atoms with van der Waals surface area (Å²) in [5.74, 6) is 0. The Hall–Kier alpha value is -0.860. The minimum absolute atomic E-state index is 0.526. The number of nitrogens with zero attached hydrogens (tertiary/aromatic N) is 1. The molecule has 0 bridgehead atoms. The van der Waals surface area contributed by atoms with E-state index in [4.69, 9.17) is 5.73 Å². The predicted octanol–water partition coefficient (Wildman–Crippen LogP) is 3.16. The summed E-state index contributed by atoms with van der Waals surface area (Å²) in [5.41, 5.74) is 8.78. The van der Waals surface area contributed by atoms with Crippen LogP contribution in [0.25, 0.3) is 0 Å². The van der Waals surface area contributed by atoms with Crippen LogP contribution in [0, 0.1) is 5.41 Å². The number of rotatable bonds is 3. The quantitative estimate of drug-likeness (QED) is 0.887.